The van der Waals surface area contributed by atoms with Gasteiger partial charge in [0.15, 0.2) is 0 Å². The third kappa shape index (κ3) is 2.44. The molecule has 4 heteroatoms. The largest absolute Gasteiger partial charge is 0.485 e. The van der Waals surface area contributed by atoms with Gasteiger partial charge in [0.1, 0.15) is 11.9 Å². The van der Waals surface area contributed by atoms with Gasteiger partial charge < -0.3 is 15.2 Å². The highest BCUT2D eigenvalue weighted by Crippen LogP contribution is 2.31. The summed E-state index contributed by atoms with van der Waals surface area (Å²) >= 11 is 3.40. The van der Waals surface area contributed by atoms with Crippen LogP contribution < -0.4 is 10.5 Å². The number of hydrogen-bond donors (Lipinski definition) is 1. The standard InChI is InChI=1S/C11H14BrNO2/c1-7-4-8(12)5-10(13)11(7)15-9-2-3-14-6-9/h4-5,9H,2-3,6,13H2,1H3. The number of anilines is 1. The highest BCUT2D eigenvalue weighted by atomic mass is 79.9. The van der Waals surface area contributed by atoms with Crippen molar-refractivity contribution in [3.8, 4) is 5.75 Å². The van der Waals surface area contributed by atoms with Crippen LogP contribution in [0.25, 0.3) is 0 Å². The van der Waals surface area contributed by atoms with Gasteiger partial charge in [0.25, 0.3) is 0 Å². The molecule has 82 valence electrons. The molecule has 0 bridgehead atoms. The Bertz CT molecular complexity index is 339. The molecule has 0 aromatic heterocycles. The maximum Gasteiger partial charge on any atom is 0.145 e. The average molecular weight is 272 g/mol. The number of aryl methyl sites for hydroxylation is 1. The highest BCUT2D eigenvalue weighted by molar-refractivity contribution is 9.10. The second-order valence-corrected chi connectivity index (χ2v) is 4.66. The summed E-state index contributed by atoms with van der Waals surface area (Å²) in [6, 6.07) is 3.86. The monoisotopic (exact) mass is 271 g/mol. The number of nitrogens with two attached hydrogens (primary N) is 1. The summed E-state index contributed by atoms with van der Waals surface area (Å²) in [5.74, 6) is 0.786. The minimum absolute atomic E-state index is 0.146. The van der Waals surface area contributed by atoms with E-state index < -0.39 is 0 Å². The fourth-order valence-corrected chi connectivity index (χ4v) is 2.28. The van der Waals surface area contributed by atoms with Gasteiger partial charge in [0, 0.05) is 10.9 Å². The Hall–Kier alpha value is -0.740. The van der Waals surface area contributed by atoms with Crippen LogP contribution in [0, 0.1) is 6.92 Å². The Morgan fingerprint density at radius 3 is 2.93 bits per heavy atom. The third-order valence-corrected chi connectivity index (χ3v) is 2.90. The van der Waals surface area contributed by atoms with Crippen molar-refractivity contribution < 1.29 is 9.47 Å². The lowest BCUT2D eigenvalue weighted by Crippen LogP contribution is -2.17. The van der Waals surface area contributed by atoms with Crippen molar-refractivity contribution in [3.05, 3.63) is 22.2 Å². The van der Waals surface area contributed by atoms with Crippen molar-refractivity contribution in [3.63, 3.8) is 0 Å². The second kappa shape index (κ2) is 4.41. The van der Waals surface area contributed by atoms with Crippen molar-refractivity contribution >= 4 is 21.6 Å². The summed E-state index contributed by atoms with van der Waals surface area (Å²) in [6.45, 7) is 3.43. The van der Waals surface area contributed by atoms with Crippen molar-refractivity contribution in [1.29, 1.82) is 0 Å². The first-order valence-electron chi connectivity index (χ1n) is 4.97. The minimum atomic E-state index is 0.146. The number of halogens is 1. The van der Waals surface area contributed by atoms with Gasteiger partial charge in [-0.2, -0.15) is 0 Å². The Labute approximate surface area is 97.7 Å². The summed E-state index contributed by atoms with van der Waals surface area (Å²) in [5.41, 5.74) is 7.63. The molecule has 2 N–H and O–H groups in total. The van der Waals surface area contributed by atoms with Gasteiger partial charge >= 0.3 is 0 Å². The lowest BCUT2D eigenvalue weighted by atomic mass is 10.2. The van der Waals surface area contributed by atoms with Gasteiger partial charge in [-0.05, 0) is 24.6 Å². The number of hydrogen-bond acceptors (Lipinski definition) is 3. The van der Waals surface area contributed by atoms with E-state index in [1.165, 1.54) is 0 Å². The van der Waals surface area contributed by atoms with Crippen LogP contribution in [0.4, 0.5) is 5.69 Å². The Balaban J connectivity index is 2.19. The van der Waals surface area contributed by atoms with Crippen LogP contribution >= 0.6 is 15.9 Å². The van der Waals surface area contributed by atoms with Crippen LogP contribution in [0.3, 0.4) is 0 Å². The molecule has 2 rings (SSSR count). The fraction of sp³-hybridized carbons (Fsp3) is 0.455. The van der Waals surface area contributed by atoms with Crippen LogP contribution in [0.2, 0.25) is 0 Å². The molecular formula is C11H14BrNO2. The van der Waals surface area contributed by atoms with Crippen molar-refractivity contribution in [2.75, 3.05) is 18.9 Å². The molecule has 0 amide bonds. The van der Waals surface area contributed by atoms with E-state index in [0.29, 0.717) is 12.3 Å². The lowest BCUT2D eigenvalue weighted by Gasteiger charge is -2.16. The second-order valence-electron chi connectivity index (χ2n) is 3.74. The summed E-state index contributed by atoms with van der Waals surface area (Å²) in [4.78, 5) is 0. The van der Waals surface area contributed by atoms with Gasteiger partial charge in [0.2, 0.25) is 0 Å². The molecule has 1 fully saturated rings. The van der Waals surface area contributed by atoms with Gasteiger partial charge in [-0.3, -0.25) is 0 Å². The highest BCUT2D eigenvalue weighted by Gasteiger charge is 2.19. The average Bonchev–Trinajstić information content (AvgIpc) is 2.63. The molecule has 1 aliphatic rings. The van der Waals surface area contributed by atoms with Crippen molar-refractivity contribution in [2.45, 2.75) is 19.4 Å². The van der Waals surface area contributed by atoms with E-state index in [-0.39, 0.29) is 6.10 Å². The first kappa shape index (κ1) is 10.8. The first-order valence-corrected chi connectivity index (χ1v) is 5.76. The van der Waals surface area contributed by atoms with E-state index in [4.69, 9.17) is 15.2 Å². The smallest absolute Gasteiger partial charge is 0.145 e. The van der Waals surface area contributed by atoms with E-state index in [9.17, 15) is 0 Å². The van der Waals surface area contributed by atoms with Gasteiger partial charge in [-0.15, -0.1) is 0 Å². The summed E-state index contributed by atoms with van der Waals surface area (Å²) in [6.07, 6.45) is 1.08. The van der Waals surface area contributed by atoms with Gasteiger partial charge in [0.05, 0.1) is 18.9 Å². The SMILES string of the molecule is Cc1cc(Br)cc(N)c1OC1CCOC1. The maximum atomic E-state index is 5.90. The van der Waals surface area contributed by atoms with E-state index >= 15 is 0 Å². The normalized spacial score (nSPS) is 20.5. The molecule has 0 saturated carbocycles. The molecule has 1 aliphatic heterocycles. The van der Waals surface area contributed by atoms with Crippen LogP contribution in [-0.4, -0.2) is 19.3 Å². The molecule has 1 saturated heterocycles. The molecule has 15 heavy (non-hydrogen) atoms. The van der Waals surface area contributed by atoms with Gasteiger partial charge in [-0.25, -0.2) is 0 Å². The molecular weight excluding hydrogens is 258 g/mol. The zero-order chi connectivity index (χ0) is 10.8. The Morgan fingerprint density at radius 2 is 2.33 bits per heavy atom. The predicted octanol–water partition coefficient (Wildman–Crippen LogP) is 2.51. The molecule has 1 aromatic rings. The van der Waals surface area contributed by atoms with E-state index in [1.54, 1.807) is 0 Å². The topological polar surface area (TPSA) is 44.5 Å². The van der Waals surface area contributed by atoms with Crippen LogP contribution in [0.15, 0.2) is 16.6 Å². The molecule has 0 aliphatic carbocycles. The number of ether oxygens (including phenoxy) is 2. The molecule has 1 atom stereocenters. The Kier molecular flexibility index (Phi) is 3.17. The zero-order valence-electron chi connectivity index (χ0n) is 8.63. The van der Waals surface area contributed by atoms with E-state index in [1.807, 2.05) is 19.1 Å². The summed E-state index contributed by atoms with van der Waals surface area (Å²) in [7, 11) is 0. The molecule has 0 spiro atoms. The van der Waals surface area contributed by atoms with Crippen molar-refractivity contribution in [2.24, 2.45) is 0 Å². The summed E-state index contributed by atoms with van der Waals surface area (Å²) < 4.78 is 12.1. The predicted molar refractivity (Wildman–Crippen MR) is 63.1 cm³/mol. The van der Waals surface area contributed by atoms with Crippen LogP contribution in [0.5, 0.6) is 5.75 Å². The third-order valence-electron chi connectivity index (χ3n) is 2.44. The lowest BCUT2D eigenvalue weighted by molar-refractivity contribution is 0.141. The molecule has 0 radical (unpaired) electrons. The first-order chi connectivity index (χ1) is 7.16. The van der Waals surface area contributed by atoms with Crippen LogP contribution in [-0.2, 0) is 4.74 Å². The number of benzene rings is 1. The maximum absolute atomic E-state index is 5.90. The Morgan fingerprint density at radius 1 is 1.53 bits per heavy atom. The quantitative estimate of drug-likeness (QED) is 0.841. The van der Waals surface area contributed by atoms with Crippen LogP contribution in [0.1, 0.15) is 12.0 Å². The molecule has 3 nitrogen and oxygen atoms in total. The molecule has 1 unspecified atom stereocenters. The zero-order valence-corrected chi connectivity index (χ0v) is 10.2. The van der Waals surface area contributed by atoms with E-state index in [2.05, 4.69) is 15.9 Å². The fourth-order valence-electron chi connectivity index (χ4n) is 1.69. The summed E-state index contributed by atoms with van der Waals surface area (Å²) in [5, 5.41) is 0. The van der Waals surface area contributed by atoms with Crippen molar-refractivity contribution in [1.82, 2.24) is 0 Å². The molecule has 1 heterocycles. The molecule has 1 aromatic carbocycles. The number of rotatable bonds is 2. The minimum Gasteiger partial charge on any atom is -0.485 e. The number of nitrogen functional groups attached to an aromatic ring is 1. The van der Waals surface area contributed by atoms with E-state index in [0.717, 1.165) is 28.8 Å². The van der Waals surface area contributed by atoms with Gasteiger partial charge in [-0.1, -0.05) is 15.9 Å².